The number of aliphatic hydroxyl groups excluding tert-OH is 1. The SMILES string of the molecule is CCO.CCOc1cccc(CN2CCC(N=C(N)c3cc(OC)ccc3C(=N)COC)CC2)c1. The Morgan fingerprint density at radius 3 is 2.43 bits per heavy atom. The highest BCUT2D eigenvalue weighted by molar-refractivity contribution is 6.11. The van der Waals surface area contributed by atoms with Crippen LogP contribution in [0.2, 0.25) is 0 Å². The number of aliphatic imine (C=N–C) groups is 1. The number of nitrogens with one attached hydrogen (secondary N) is 1. The molecule has 1 aliphatic rings. The predicted octanol–water partition coefficient (Wildman–Crippen LogP) is 3.48. The van der Waals surface area contributed by atoms with Gasteiger partial charge >= 0.3 is 0 Å². The standard InChI is InChI=1S/C25H34N4O3.C2H6O/c1-4-32-21-7-5-6-18(14-21)16-29-12-10-19(11-13-29)28-25(27)23-15-20(31-3)8-9-22(23)24(26)17-30-2;1-2-3/h5-9,14-15,19,26H,4,10-13,16-17H2,1-3H3,(H2,27,28);3H,2H2,1H3. The van der Waals surface area contributed by atoms with Crippen molar-refractivity contribution in [2.75, 3.05) is 47.1 Å². The van der Waals surface area contributed by atoms with Crippen LogP contribution in [0.25, 0.3) is 0 Å². The highest BCUT2D eigenvalue weighted by Crippen LogP contribution is 2.22. The van der Waals surface area contributed by atoms with Gasteiger partial charge in [-0.2, -0.15) is 0 Å². The van der Waals surface area contributed by atoms with E-state index in [0.29, 0.717) is 23.9 Å². The van der Waals surface area contributed by atoms with Gasteiger partial charge < -0.3 is 30.5 Å². The van der Waals surface area contributed by atoms with Gasteiger partial charge in [-0.05, 0) is 62.6 Å². The fraction of sp³-hybridized carbons (Fsp3) is 0.481. The molecule has 0 spiro atoms. The largest absolute Gasteiger partial charge is 0.497 e. The number of rotatable bonds is 10. The lowest BCUT2D eigenvalue weighted by molar-refractivity contribution is 0.206. The molecule has 0 aromatic heterocycles. The van der Waals surface area contributed by atoms with Crippen LogP contribution in [-0.2, 0) is 11.3 Å². The fourth-order valence-corrected chi connectivity index (χ4v) is 3.98. The number of amidine groups is 1. The van der Waals surface area contributed by atoms with Gasteiger partial charge in [0.15, 0.2) is 0 Å². The van der Waals surface area contributed by atoms with Crippen LogP contribution in [-0.4, -0.2) is 74.7 Å². The summed E-state index contributed by atoms with van der Waals surface area (Å²) in [7, 11) is 3.20. The van der Waals surface area contributed by atoms with Crippen molar-refractivity contribution in [1.82, 2.24) is 4.90 Å². The minimum absolute atomic E-state index is 0.164. The molecule has 8 heteroatoms. The molecule has 0 saturated carbocycles. The van der Waals surface area contributed by atoms with Crippen LogP contribution < -0.4 is 15.2 Å². The maximum absolute atomic E-state index is 8.29. The number of nitrogens with zero attached hydrogens (tertiary/aromatic N) is 2. The maximum Gasteiger partial charge on any atom is 0.126 e. The average Bonchev–Trinajstić information content (AvgIpc) is 2.86. The number of piperidine rings is 1. The van der Waals surface area contributed by atoms with E-state index in [1.54, 1.807) is 21.1 Å². The molecule has 0 atom stereocenters. The number of hydrogen-bond donors (Lipinski definition) is 3. The van der Waals surface area contributed by atoms with Crippen LogP contribution in [0, 0.1) is 5.41 Å². The average molecular weight is 485 g/mol. The summed E-state index contributed by atoms with van der Waals surface area (Å²) < 4.78 is 16.1. The third-order valence-corrected chi connectivity index (χ3v) is 5.61. The second kappa shape index (κ2) is 15.1. The van der Waals surface area contributed by atoms with Crippen molar-refractivity contribution in [3.05, 3.63) is 59.2 Å². The molecule has 1 saturated heterocycles. The summed E-state index contributed by atoms with van der Waals surface area (Å²) in [6, 6.07) is 14.0. The summed E-state index contributed by atoms with van der Waals surface area (Å²) >= 11 is 0. The predicted molar refractivity (Wildman–Crippen MR) is 141 cm³/mol. The Bertz CT molecular complexity index is 956. The molecule has 1 fully saturated rings. The van der Waals surface area contributed by atoms with Crippen LogP contribution in [0.5, 0.6) is 11.5 Å². The Balaban J connectivity index is 0.00000137. The molecule has 192 valence electrons. The molecule has 1 aliphatic heterocycles. The molecule has 2 aromatic carbocycles. The van der Waals surface area contributed by atoms with Crippen molar-refractivity contribution in [3.8, 4) is 11.5 Å². The lowest BCUT2D eigenvalue weighted by Gasteiger charge is -2.30. The number of benzene rings is 2. The Hall–Kier alpha value is -2.94. The van der Waals surface area contributed by atoms with E-state index >= 15 is 0 Å². The molecule has 0 bridgehead atoms. The third kappa shape index (κ3) is 8.98. The molecule has 4 N–H and O–H groups in total. The quantitative estimate of drug-likeness (QED) is 0.352. The van der Waals surface area contributed by atoms with Gasteiger partial charge in [0, 0.05) is 44.5 Å². The molecular weight excluding hydrogens is 444 g/mol. The van der Waals surface area contributed by atoms with Gasteiger partial charge in [0.05, 0.1) is 32.1 Å². The Kier molecular flexibility index (Phi) is 12.2. The first-order valence-corrected chi connectivity index (χ1v) is 12.1. The van der Waals surface area contributed by atoms with Gasteiger partial charge in [-0.25, -0.2) is 0 Å². The van der Waals surface area contributed by atoms with Gasteiger partial charge in [-0.3, -0.25) is 9.89 Å². The van der Waals surface area contributed by atoms with Crippen LogP contribution in [0.4, 0.5) is 0 Å². The topological polar surface area (TPSA) is 113 Å². The Morgan fingerprint density at radius 1 is 1.09 bits per heavy atom. The fourth-order valence-electron chi connectivity index (χ4n) is 3.98. The maximum atomic E-state index is 8.29. The molecule has 0 unspecified atom stereocenters. The van der Waals surface area contributed by atoms with E-state index in [4.69, 9.17) is 35.5 Å². The zero-order valence-electron chi connectivity index (χ0n) is 21.4. The number of hydrogen-bond acceptors (Lipinski definition) is 7. The highest BCUT2D eigenvalue weighted by Gasteiger charge is 2.20. The van der Waals surface area contributed by atoms with Crippen molar-refractivity contribution in [2.24, 2.45) is 10.7 Å². The summed E-state index contributed by atoms with van der Waals surface area (Å²) in [5.41, 5.74) is 9.49. The lowest BCUT2D eigenvalue weighted by atomic mass is 10.0. The van der Waals surface area contributed by atoms with Crippen LogP contribution in [0.1, 0.15) is 43.4 Å². The Labute approximate surface area is 209 Å². The van der Waals surface area contributed by atoms with Crippen molar-refractivity contribution < 1.29 is 19.3 Å². The first kappa shape index (κ1) is 28.3. The van der Waals surface area contributed by atoms with Gasteiger partial charge in [0.1, 0.15) is 17.3 Å². The zero-order valence-corrected chi connectivity index (χ0v) is 21.4. The van der Waals surface area contributed by atoms with Crippen molar-refractivity contribution >= 4 is 11.5 Å². The molecule has 0 radical (unpaired) electrons. The second-order valence-electron chi connectivity index (χ2n) is 8.24. The molecule has 8 nitrogen and oxygen atoms in total. The normalized spacial score (nSPS) is 14.7. The third-order valence-electron chi connectivity index (χ3n) is 5.61. The van der Waals surface area contributed by atoms with Crippen LogP contribution in [0.3, 0.4) is 0 Å². The smallest absolute Gasteiger partial charge is 0.126 e. The van der Waals surface area contributed by atoms with E-state index in [2.05, 4.69) is 17.0 Å². The van der Waals surface area contributed by atoms with E-state index < -0.39 is 0 Å². The number of ether oxygens (including phenoxy) is 3. The van der Waals surface area contributed by atoms with E-state index in [1.807, 2.05) is 37.3 Å². The van der Waals surface area contributed by atoms with Crippen molar-refractivity contribution in [2.45, 2.75) is 39.3 Å². The van der Waals surface area contributed by atoms with E-state index in [9.17, 15) is 0 Å². The number of methoxy groups -OCH3 is 2. The molecule has 1 heterocycles. The number of aliphatic hydroxyl groups is 1. The first-order chi connectivity index (χ1) is 16.9. The van der Waals surface area contributed by atoms with Crippen molar-refractivity contribution in [3.63, 3.8) is 0 Å². The van der Waals surface area contributed by atoms with Gasteiger partial charge in [0.2, 0.25) is 0 Å². The zero-order chi connectivity index (χ0) is 25.6. The van der Waals surface area contributed by atoms with E-state index in [0.717, 1.165) is 49.4 Å². The summed E-state index contributed by atoms with van der Waals surface area (Å²) in [4.78, 5) is 7.26. The number of likely N-dealkylation sites (tertiary alicyclic amines) is 1. The molecular formula is C27H40N4O4. The molecule has 35 heavy (non-hydrogen) atoms. The monoisotopic (exact) mass is 484 g/mol. The van der Waals surface area contributed by atoms with Crippen LogP contribution >= 0.6 is 0 Å². The van der Waals surface area contributed by atoms with E-state index in [1.165, 1.54) is 5.56 Å². The van der Waals surface area contributed by atoms with Crippen LogP contribution in [0.15, 0.2) is 47.5 Å². The molecule has 0 aliphatic carbocycles. The minimum atomic E-state index is 0.164. The molecule has 0 amide bonds. The van der Waals surface area contributed by atoms with Gasteiger partial charge in [-0.1, -0.05) is 12.1 Å². The van der Waals surface area contributed by atoms with Crippen molar-refractivity contribution in [1.29, 1.82) is 5.41 Å². The summed E-state index contributed by atoms with van der Waals surface area (Å²) in [6.07, 6.45) is 1.89. The van der Waals surface area contributed by atoms with E-state index in [-0.39, 0.29) is 19.3 Å². The van der Waals surface area contributed by atoms with Gasteiger partial charge in [0.25, 0.3) is 0 Å². The number of nitrogens with two attached hydrogens (primary N) is 1. The minimum Gasteiger partial charge on any atom is -0.497 e. The summed E-state index contributed by atoms with van der Waals surface area (Å²) in [6.45, 7) is 7.65. The molecule has 2 aromatic rings. The Morgan fingerprint density at radius 2 is 1.80 bits per heavy atom. The summed E-state index contributed by atoms with van der Waals surface area (Å²) in [5, 5.41) is 15.9. The lowest BCUT2D eigenvalue weighted by Crippen LogP contribution is -2.35. The van der Waals surface area contributed by atoms with Gasteiger partial charge in [-0.15, -0.1) is 0 Å². The summed E-state index contributed by atoms with van der Waals surface area (Å²) in [5.74, 6) is 2.06. The molecule has 3 rings (SSSR count). The second-order valence-corrected chi connectivity index (χ2v) is 8.24. The first-order valence-electron chi connectivity index (χ1n) is 12.1. The highest BCUT2D eigenvalue weighted by atomic mass is 16.5.